The lowest BCUT2D eigenvalue weighted by molar-refractivity contribution is 0.691. The molecule has 0 fully saturated rings. The van der Waals surface area contributed by atoms with Crippen molar-refractivity contribution in [1.82, 2.24) is 9.55 Å². The fraction of sp³-hybridized carbons (Fsp3) is 0.667. The summed E-state index contributed by atoms with van der Waals surface area (Å²) in [6.07, 6.45) is 1.08. The Hall–Kier alpha value is -0.790. The number of aryl methyl sites for hydroxylation is 2. The van der Waals surface area contributed by atoms with Crippen LogP contribution in [0.5, 0.6) is 0 Å². The summed E-state index contributed by atoms with van der Waals surface area (Å²) in [5, 5.41) is 0. The molecule has 11 heavy (non-hydrogen) atoms. The Balaban J connectivity index is 3.17. The first kappa shape index (κ1) is 8.31. The Labute approximate surface area is 68.3 Å². The second-order valence-corrected chi connectivity index (χ2v) is 2.79. The lowest BCUT2D eigenvalue weighted by Crippen LogP contribution is -2.01. The lowest BCUT2D eigenvalue weighted by Gasteiger charge is -2.04. The Morgan fingerprint density at radius 2 is 1.91 bits per heavy atom. The molecule has 2 heteroatoms. The van der Waals surface area contributed by atoms with Crippen molar-refractivity contribution in [3.63, 3.8) is 0 Å². The molecule has 0 amide bonds. The minimum atomic E-state index is 1.04. The van der Waals surface area contributed by atoms with Gasteiger partial charge in [0.05, 0.1) is 5.69 Å². The van der Waals surface area contributed by atoms with Crippen molar-refractivity contribution >= 4 is 0 Å². The third-order valence-corrected chi connectivity index (χ3v) is 2.11. The van der Waals surface area contributed by atoms with Crippen molar-refractivity contribution in [2.24, 2.45) is 0 Å². The van der Waals surface area contributed by atoms with Crippen molar-refractivity contribution in [3.05, 3.63) is 17.2 Å². The van der Waals surface area contributed by atoms with Gasteiger partial charge in [-0.2, -0.15) is 0 Å². The summed E-state index contributed by atoms with van der Waals surface area (Å²) in [7, 11) is 0. The van der Waals surface area contributed by atoms with E-state index in [1.165, 1.54) is 11.4 Å². The van der Waals surface area contributed by atoms with Crippen LogP contribution in [0.4, 0.5) is 0 Å². The van der Waals surface area contributed by atoms with Gasteiger partial charge >= 0.3 is 0 Å². The fourth-order valence-corrected chi connectivity index (χ4v) is 1.62. The van der Waals surface area contributed by atoms with E-state index in [2.05, 4.69) is 37.2 Å². The monoisotopic (exact) mass is 152 g/mol. The van der Waals surface area contributed by atoms with Crippen LogP contribution in [0.1, 0.15) is 31.1 Å². The Morgan fingerprint density at radius 3 is 2.27 bits per heavy atom. The van der Waals surface area contributed by atoms with Gasteiger partial charge in [0.1, 0.15) is 5.82 Å². The van der Waals surface area contributed by atoms with Crippen molar-refractivity contribution < 1.29 is 0 Å². The van der Waals surface area contributed by atoms with Crippen LogP contribution < -0.4 is 0 Å². The predicted molar refractivity (Wildman–Crippen MR) is 46.8 cm³/mol. The van der Waals surface area contributed by atoms with E-state index in [9.17, 15) is 0 Å². The van der Waals surface area contributed by atoms with Crippen LogP contribution in [0.3, 0.4) is 0 Å². The summed E-state index contributed by atoms with van der Waals surface area (Å²) < 4.78 is 2.27. The largest absolute Gasteiger partial charge is 0.332 e. The van der Waals surface area contributed by atoms with E-state index < -0.39 is 0 Å². The quantitative estimate of drug-likeness (QED) is 0.634. The number of imidazole rings is 1. The molecular weight excluding hydrogens is 136 g/mol. The molecule has 0 spiro atoms. The Kier molecular flexibility index (Phi) is 2.32. The molecule has 0 aromatic carbocycles. The highest BCUT2D eigenvalue weighted by molar-refractivity contribution is 5.15. The van der Waals surface area contributed by atoms with Crippen LogP contribution in [-0.2, 0) is 13.0 Å². The molecular formula is C9H16N2. The van der Waals surface area contributed by atoms with Crippen molar-refractivity contribution in [1.29, 1.82) is 0 Å². The van der Waals surface area contributed by atoms with Crippen LogP contribution in [0, 0.1) is 13.8 Å². The fourth-order valence-electron chi connectivity index (χ4n) is 1.62. The number of aromatic nitrogens is 2. The third-order valence-electron chi connectivity index (χ3n) is 2.11. The molecule has 0 aliphatic heterocycles. The normalized spacial score (nSPS) is 10.5. The molecule has 0 unspecified atom stereocenters. The average Bonchev–Trinajstić information content (AvgIpc) is 2.24. The highest BCUT2D eigenvalue weighted by atomic mass is 15.1. The maximum absolute atomic E-state index is 4.42. The van der Waals surface area contributed by atoms with Crippen LogP contribution >= 0.6 is 0 Å². The summed E-state index contributed by atoms with van der Waals surface area (Å²) >= 11 is 0. The van der Waals surface area contributed by atoms with Crippen LogP contribution in [-0.4, -0.2) is 9.55 Å². The van der Waals surface area contributed by atoms with Crippen LogP contribution in [0.25, 0.3) is 0 Å². The Morgan fingerprint density at radius 1 is 1.27 bits per heavy atom. The number of nitrogens with zero attached hydrogens (tertiary/aromatic N) is 2. The van der Waals surface area contributed by atoms with Crippen LogP contribution in [0.15, 0.2) is 0 Å². The molecule has 0 aliphatic rings. The SMILES string of the molecule is CCc1c(C)nc(C)n1CC. The molecule has 1 heterocycles. The first-order valence-electron chi connectivity index (χ1n) is 4.23. The second-order valence-electron chi connectivity index (χ2n) is 2.79. The van der Waals surface area contributed by atoms with Crippen molar-refractivity contribution in [2.45, 2.75) is 40.7 Å². The van der Waals surface area contributed by atoms with Gasteiger partial charge in [0, 0.05) is 12.2 Å². The zero-order valence-electron chi connectivity index (χ0n) is 7.81. The standard InChI is InChI=1S/C9H16N2/c1-5-9-7(3)10-8(4)11(9)6-2/h5-6H2,1-4H3. The third kappa shape index (κ3) is 1.30. The smallest absolute Gasteiger partial charge is 0.106 e. The zero-order chi connectivity index (χ0) is 8.43. The van der Waals surface area contributed by atoms with Gasteiger partial charge in [-0.05, 0) is 27.2 Å². The van der Waals surface area contributed by atoms with Gasteiger partial charge in [-0.25, -0.2) is 4.98 Å². The maximum Gasteiger partial charge on any atom is 0.106 e. The number of hydrogen-bond donors (Lipinski definition) is 0. The van der Waals surface area contributed by atoms with Crippen molar-refractivity contribution in [2.75, 3.05) is 0 Å². The number of rotatable bonds is 2. The van der Waals surface area contributed by atoms with Gasteiger partial charge in [0.15, 0.2) is 0 Å². The predicted octanol–water partition coefficient (Wildman–Crippen LogP) is 2.08. The minimum Gasteiger partial charge on any atom is -0.332 e. The first-order chi connectivity index (χ1) is 5.20. The molecule has 1 aromatic heterocycles. The average molecular weight is 152 g/mol. The van der Waals surface area contributed by atoms with E-state index in [4.69, 9.17) is 0 Å². The summed E-state index contributed by atoms with van der Waals surface area (Å²) in [6.45, 7) is 9.52. The summed E-state index contributed by atoms with van der Waals surface area (Å²) in [5.74, 6) is 1.14. The van der Waals surface area contributed by atoms with E-state index in [0.717, 1.165) is 18.8 Å². The molecule has 62 valence electrons. The van der Waals surface area contributed by atoms with E-state index in [0.29, 0.717) is 0 Å². The van der Waals surface area contributed by atoms with Crippen molar-refractivity contribution in [3.8, 4) is 0 Å². The summed E-state index contributed by atoms with van der Waals surface area (Å²) in [4.78, 5) is 4.42. The van der Waals surface area contributed by atoms with Gasteiger partial charge in [-0.1, -0.05) is 6.92 Å². The molecule has 1 aromatic rings. The zero-order valence-corrected chi connectivity index (χ0v) is 7.81. The maximum atomic E-state index is 4.42. The molecule has 0 aliphatic carbocycles. The van der Waals surface area contributed by atoms with E-state index in [-0.39, 0.29) is 0 Å². The van der Waals surface area contributed by atoms with E-state index in [1.807, 2.05) is 0 Å². The summed E-state index contributed by atoms with van der Waals surface area (Å²) in [6, 6.07) is 0. The topological polar surface area (TPSA) is 17.8 Å². The molecule has 0 radical (unpaired) electrons. The van der Waals surface area contributed by atoms with Gasteiger partial charge in [-0.3, -0.25) is 0 Å². The lowest BCUT2D eigenvalue weighted by atomic mass is 10.3. The molecule has 0 atom stereocenters. The van der Waals surface area contributed by atoms with Gasteiger partial charge in [0.2, 0.25) is 0 Å². The molecule has 0 saturated heterocycles. The van der Waals surface area contributed by atoms with E-state index >= 15 is 0 Å². The molecule has 0 bridgehead atoms. The molecule has 0 N–H and O–H groups in total. The molecule has 0 saturated carbocycles. The first-order valence-corrected chi connectivity index (χ1v) is 4.23. The number of hydrogen-bond acceptors (Lipinski definition) is 1. The highest BCUT2D eigenvalue weighted by Crippen LogP contribution is 2.10. The Bertz CT molecular complexity index is 224. The van der Waals surface area contributed by atoms with Gasteiger partial charge < -0.3 is 4.57 Å². The summed E-state index contributed by atoms with van der Waals surface area (Å²) in [5.41, 5.74) is 2.57. The van der Waals surface area contributed by atoms with Crippen LogP contribution in [0.2, 0.25) is 0 Å². The minimum absolute atomic E-state index is 1.04. The van der Waals surface area contributed by atoms with Gasteiger partial charge in [0.25, 0.3) is 0 Å². The molecule has 2 nitrogen and oxygen atoms in total. The van der Waals surface area contributed by atoms with Gasteiger partial charge in [-0.15, -0.1) is 0 Å². The molecule has 1 rings (SSSR count). The highest BCUT2D eigenvalue weighted by Gasteiger charge is 2.06. The van der Waals surface area contributed by atoms with E-state index in [1.54, 1.807) is 0 Å². The second kappa shape index (κ2) is 3.07.